The van der Waals surface area contributed by atoms with Crippen LogP contribution in [0.1, 0.15) is 70.0 Å². The molecular formula is C89H81Cl7O19. The fraction of sp³-hybridized carbons (Fsp3) is 0.292. The number of ether oxygens (including phenoxy) is 16. The van der Waals surface area contributed by atoms with Crippen molar-refractivity contribution in [2.24, 2.45) is 0 Å². The molecule has 10 aromatic rings. The monoisotopic (exact) mass is 1700 g/mol. The molecule has 0 spiro atoms. The van der Waals surface area contributed by atoms with Crippen molar-refractivity contribution >= 4 is 99.1 Å². The van der Waals surface area contributed by atoms with Crippen molar-refractivity contribution in [3.05, 3.63) is 352 Å². The van der Waals surface area contributed by atoms with Gasteiger partial charge in [-0.3, -0.25) is 0 Å². The van der Waals surface area contributed by atoms with Gasteiger partial charge in [-0.05, 0) is 160 Å². The van der Waals surface area contributed by atoms with Crippen LogP contribution in [0, 0.1) is 0 Å². The lowest BCUT2D eigenvalue weighted by Crippen LogP contribution is -2.65. The molecular weight excluding hydrogens is 1620 g/mol. The molecule has 0 N–H and O–H groups in total. The highest BCUT2D eigenvalue weighted by atomic mass is 35.5. The first-order valence-electron chi connectivity index (χ1n) is 37.0. The number of hydrogen-bond donors (Lipinski definition) is 0. The Bertz CT molecular complexity index is 4670. The number of hydrogen-bond acceptors (Lipinski definition) is 19. The van der Waals surface area contributed by atoms with Crippen molar-refractivity contribution in [2.75, 3.05) is 26.9 Å². The highest BCUT2D eigenvalue weighted by Crippen LogP contribution is 2.39. The molecule has 0 aliphatic carbocycles. The second-order valence-corrected chi connectivity index (χ2v) is 30.3. The van der Waals surface area contributed by atoms with Crippen LogP contribution < -0.4 is 0 Å². The second kappa shape index (κ2) is 42.5. The van der Waals surface area contributed by atoms with E-state index in [1.54, 1.807) is 176 Å². The number of rotatable bonds is 35. The summed E-state index contributed by atoms with van der Waals surface area (Å²) < 4.78 is 111. The molecule has 3 aliphatic rings. The maximum absolute atomic E-state index is 14.7. The van der Waals surface area contributed by atoms with E-state index in [2.05, 4.69) is 0 Å². The normalized spacial score (nSPS) is 23.4. The molecule has 0 aromatic heterocycles. The predicted molar refractivity (Wildman–Crippen MR) is 433 cm³/mol. The highest BCUT2D eigenvalue weighted by Gasteiger charge is 2.56. The molecule has 600 valence electrons. The minimum absolute atomic E-state index is 0.000752. The lowest BCUT2D eigenvalue weighted by atomic mass is 9.96. The van der Waals surface area contributed by atoms with E-state index in [1.807, 2.05) is 84.9 Å². The van der Waals surface area contributed by atoms with Crippen LogP contribution in [0.15, 0.2) is 261 Å². The average molecular weight is 1700 g/mol. The zero-order chi connectivity index (χ0) is 80.0. The SMILES string of the molecule is CO[C@H]1O[C@H](CO[C@@H]2O[C@H](CO[C@@H]3O[C@H](COCc4ccc(Cl)cc4)[C@@H](OCc4ccc(Cl)cc4)[C@H](OCc4ccc(Cl)cc4)[C@H]3OCc3ccc(Cl)cc3)[C@@H](OCc3ccc(Cl)cc3)[C@H](OCc3ccc(Cl)cc3)[C@H]2OCc2ccc(Cl)cc2)[C@@H](OC(=O)c2ccccc2)[C@H](OC(=O)c2ccccc2)[C@H]1OC(=O)c1ccccc1. The van der Waals surface area contributed by atoms with Crippen LogP contribution in [-0.2, 0) is 122 Å². The fourth-order valence-electron chi connectivity index (χ4n) is 13.2. The quantitative estimate of drug-likeness (QED) is 0.0268. The van der Waals surface area contributed by atoms with Crippen molar-refractivity contribution in [3.63, 3.8) is 0 Å². The molecule has 3 saturated heterocycles. The van der Waals surface area contributed by atoms with Crippen LogP contribution in [0.3, 0.4) is 0 Å². The van der Waals surface area contributed by atoms with Gasteiger partial charge in [-0.1, -0.05) is 221 Å². The summed E-state index contributed by atoms with van der Waals surface area (Å²) >= 11 is 45.3. The molecule has 3 heterocycles. The standard InChI is InChI=1S/C89H81Cl7O19/c1-100-87-83(115-86(99)64-15-9-4-10-16-64)80(114-85(98)63-13-7-3-8-14-63)77(113-84(97)62-11-5-2-6-12-62)74(110-87)54-109-89-82(107-51-61-29-43-71(96)44-30-61)79(105-49-59-25-39-69(94)40-26-59)76(103-47-57-21-35-67(92)36-22-57)73(112-89)53-108-88-81(106-50-60-27-41-70(95)42-28-60)78(104-48-58-23-37-68(93)38-24-58)75(102-46-56-19-33-66(91)34-20-56)72(111-88)52-101-45-55-17-31-65(90)32-18-55/h2-44,72-83,87-89H,45-54H2,1H3/t72-,73-,74-,75-,76-,77-,78+,79+,80+,81-,82-,83-,87+,88-,89-/m1/s1. The molecule has 10 aromatic carbocycles. The van der Waals surface area contributed by atoms with Gasteiger partial charge in [0.05, 0.1) is 82.8 Å². The topological polar surface area (TPSA) is 199 Å². The van der Waals surface area contributed by atoms with E-state index in [0.29, 0.717) is 40.7 Å². The van der Waals surface area contributed by atoms with Gasteiger partial charge in [-0.25, -0.2) is 14.4 Å². The minimum atomic E-state index is -1.66. The van der Waals surface area contributed by atoms with Gasteiger partial charge < -0.3 is 75.8 Å². The predicted octanol–water partition coefficient (Wildman–Crippen LogP) is 18.8. The van der Waals surface area contributed by atoms with Crippen molar-refractivity contribution < 1.29 is 90.2 Å². The van der Waals surface area contributed by atoms with E-state index >= 15 is 0 Å². The number of benzene rings is 10. The Hall–Kier alpha value is -7.88. The molecule has 0 unspecified atom stereocenters. The lowest BCUT2D eigenvalue weighted by molar-refractivity contribution is -0.358. The van der Waals surface area contributed by atoms with E-state index in [1.165, 1.54) is 7.11 Å². The molecule has 26 heteroatoms. The smallest absolute Gasteiger partial charge is 0.338 e. The van der Waals surface area contributed by atoms with Gasteiger partial charge >= 0.3 is 17.9 Å². The molecule has 0 radical (unpaired) electrons. The summed E-state index contributed by atoms with van der Waals surface area (Å²) in [6, 6.07) is 75.0. The average Bonchev–Trinajstić information content (AvgIpc) is 0.782. The maximum atomic E-state index is 14.7. The number of esters is 3. The Morgan fingerprint density at radius 2 is 0.496 bits per heavy atom. The van der Waals surface area contributed by atoms with E-state index in [-0.39, 0.29) is 76.2 Å². The van der Waals surface area contributed by atoms with Crippen LogP contribution in [0.5, 0.6) is 0 Å². The molecule has 0 saturated carbocycles. The van der Waals surface area contributed by atoms with Crippen LogP contribution >= 0.6 is 81.2 Å². The van der Waals surface area contributed by atoms with Crippen molar-refractivity contribution in [2.45, 2.75) is 138 Å². The zero-order valence-electron chi connectivity index (χ0n) is 62.0. The Balaban J connectivity index is 0.913. The number of carbonyl (C=O) groups excluding carboxylic acids is 3. The van der Waals surface area contributed by atoms with E-state index in [0.717, 1.165) is 33.4 Å². The summed E-state index contributed by atoms with van der Waals surface area (Å²) in [7, 11) is 1.32. The molecule has 3 aliphatic heterocycles. The first-order chi connectivity index (χ1) is 56.0. The van der Waals surface area contributed by atoms with Crippen LogP contribution in [-0.4, -0.2) is 137 Å². The van der Waals surface area contributed by atoms with Crippen molar-refractivity contribution in [1.29, 1.82) is 0 Å². The third kappa shape index (κ3) is 24.2. The summed E-state index contributed by atoms with van der Waals surface area (Å²) in [5.41, 5.74) is 5.71. The second-order valence-electron chi connectivity index (χ2n) is 27.3. The largest absolute Gasteiger partial charge is 0.452 e. The van der Waals surface area contributed by atoms with Gasteiger partial charge in [0.25, 0.3) is 0 Å². The third-order valence-corrected chi connectivity index (χ3v) is 21.0. The Morgan fingerprint density at radius 3 is 0.800 bits per heavy atom. The number of carbonyl (C=O) groups is 3. The van der Waals surface area contributed by atoms with Gasteiger partial charge in [-0.15, -0.1) is 0 Å². The first-order valence-corrected chi connectivity index (χ1v) is 39.7. The van der Waals surface area contributed by atoms with E-state index in [9.17, 15) is 14.4 Å². The van der Waals surface area contributed by atoms with Gasteiger partial charge in [-0.2, -0.15) is 0 Å². The van der Waals surface area contributed by atoms with Gasteiger partial charge in [0.1, 0.15) is 54.9 Å². The van der Waals surface area contributed by atoms with Crippen LogP contribution in [0.4, 0.5) is 0 Å². The van der Waals surface area contributed by atoms with Crippen molar-refractivity contribution in [3.8, 4) is 0 Å². The molecule has 0 amide bonds. The summed E-state index contributed by atoms with van der Waals surface area (Å²) in [6.07, 6.45) is -19.6. The third-order valence-electron chi connectivity index (χ3n) is 19.2. The summed E-state index contributed by atoms with van der Waals surface area (Å²) in [5, 5.41) is 3.63. The fourth-order valence-corrected chi connectivity index (χ4v) is 14.1. The molecule has 15 atom stereocenters. The molecule has 3 fully saturated rings. The molecule has 115 heavy (non-hydrogen) atoms. The summed E-state index contributed by atoms with van der Waals surface area (Å²) in [5.74, 6) is -2.55. The number of methoxy groups -OCH3 is 1. The molecule has 19 nitrogen and oxygen atoms in total. The van der Waals surface area contributed by atoms with E-state index < -0.39 is 117 Å². The van der Waals surface area contributed by atoms with Gasteiger partial charge in [0.15, 0.2) is 37.2 Å². The Kier molecular flexibility index (Phi) is 31.4. The Labute approximate surface area is 701 Å². The number of halogens is 7. The van der Waals surface area contributed by atoms with Crippen LogP contribution in [0.25, 0.3) is 0 Å². The molecule has 13 rings (SSSR count). The highest BCUT2D eigenvalue weighted by molar-refractivity contribution is 6.32. The van der Waals surface area contributed by atoms with E-state index in [4.69, 9.17) is 157 Å². The van der Waals surface area contributed by atoms with Gasteiger partial charge in [0, 0.05) is 42.3 Å². The van der Waals surface area contributed by atoms with Gasteiger partial charge in [0.2, 0.25) is 0 Å². The summed E-state index contributed by atoms with van der Waals surface area (Å²) in [4.78, 5) is 43.7. The minimum Gasteiger partial charge on any atom is -0.452 e. The zero-order valence-corrected chi connectivity index (χ0v) is 67.3. The van der Waals surface area contributed by atoms with Crippen LogP contribution in [0.2, 0.25) is 35.2 Å². The Morgan fingerprint density at radius 1 is 0.252 bits per heavy atom. The maximum Gasteiger partial charge on any atom is 0.338 e. The lowest BCUT2D eigenvalue weighted by Gasteiger charge is -2.48. The van der Waals surface area contributed by atoms with Crippen molar-refractivity contribution in [1.82, 2.24) is 0 Å². The molecule has 0 bridgehead atoms. The summed E-state index contributed by atoms with van der Waals surface area (Å²) in [6.45, 7) is -0.886. The first kappa shape index (κ1) is 85.0.